The maximum atomic E-state index is 13.0. The molecule has 0 aliphatic heterocycles. The van der Waals surface area contributed by atoms with Crippen LogP contribution in [0, 0.1) is 17.1 Å². The highest BCUT2D eigenvalue weighted by molar-refractivity contribution is 7.92. The van der Waals surface area contributed by atoms with Crippen LogP contribution in [0.5, 0.6) is 0 Å². The van der Waals surface area contributed by atoms with Crippen molar-refractivity contribution in [2.75, 3.05) is 5.32 Å². The molecule has 2 aromatic rings. The second-order valence-electron chi connectivity index (χ2n) is 6.19. The molecule has 11 heteroatoms. The van der Waals surface area contributed by atoms with E-state index >= 15 is 0 Å². The van der Waals surface area contributed by atoms with Crippen molar-refractivity contribution < 1.29 is 35.9 Å². The molecule has 2 rings (SSSR count). The molecule has 0 radical (unpaired) electrons. The molecule has 154 valence electrons. The predicted octanol–water partition coefficient (Wildman–Crippen LogP) is 2.90. The minimum atomic E-state index is -4.69. The van der Waals surface area contributed by atoms with Gasteiger partial charge in [-0.05, 0) is 49.4 Å². The van der Waals surface area contributed by atoms with Crippen molar-refractivity contribution in [1.29, 1.82) is 5.26 Å². The van der Waals surface area contributed by atoms with Crippen LogP contribution in [0.4, 0.5) is 23.2 Å². The van der Waals surface area contributed by atoms with Crippen molar-refractivity contribution in [1.82, 2.24) is 0 Å². The number of nitrogens with one attached hydrogen (secondary N) is 1. The van der Waals surface area contributed by atoms with Gasteiger partial charge in [0.05, 0.1) is 16.5 Å². The van der Waals surface area contributed by atoms with Crippen LogP contribution in [0.25, 0.3) is 0 Å². The number of amides is 1. The van der Waals surface area contributed by atoms with E-state index in [-0.39, 0.29) is 5.69 Å². The van der Waals surface area contributed by atoms with Crippen LogP contribution in [-0.2, 0) is 20.8 Å². The first-order valence-corrected chi connectivity index (χ1v) is 9.45. The number of alkyl halides is 3. The summed E-state index contributed by atoms with van der Waals surface area (Å²) in [4.78, 5) is 11.9. The normalized spacial score (nSPS) is 15.1. The quantitative estimate of drug-likeness (QED) is 0.560. The van der Waals surface area contributed by atoms with E-state index in [0.717, 1.165) is 49.4 Å². The van der Waals surface area contributed by atoms with Crippen molar-refractivity contribution >= 4 is 21.4 Å². The Morgan fingerprint density at radius 2 is 1.76 bits per heavy atom. The number of nitrogens with zero attached hydrogens (tertiary/aromatic N) is 1. The third-order valence-electron chi connectivity index (χ3n) is 3.99. The number of hydrogen-bond donors (Lipinski definition) is 2. The molecule has 0 aromatic heterocycles. The minimum Gasteiger partial charge on any atom is -0.378 e. The van der Waals surface area contributed by atoms with Crippen LogP contribution in [0.1, 0.15) is 12.5 Å². The Balaban J connectivity index is 2.35. The van der Waals surface area contributed by atoms with E-state index in [1.54, 1.807) is 0 Å². The summed E-state index contributed by atoms with van der Waals surface area (Å²) in [7, 11) is -4.61. The van der Waals surface area contributed by atoms with E-state index in [9.17, 15) is 41.1 Å². The van der Waals surface area contributed by atoms with Crippen molar-refractivity contribution in [3.05, 3.63) is 59.9 Å². The zero-order valence-corrected chi connectivity index (χ0v) is 15.6. The fourth-order valence-electron chi connectivity index (χ4n) is 2.41. The van der Waals surface area contributed by atoms with Crippen molar-refractivity contribution in [3.63, 3.8) is 0 Å². The summed E-state index contributed by atoms with van der Waals surface area (Å²) < 4.78 is 76.6. The average molecular weight is 430 g/mol. The predicted molar refractivity (Wildman–Crippen MR) is 93.7 cm³/mol. The number of nitriles is 1. The van der Waals surface area contributed by atoms with E-state index in [4.69, 9.17) is 0 Å². The summed E-state index contributed by atoms with van der Waals surface area (Å²) in [5.41, 5.74) is -4.28. The summed E-state index contributed by atoms with van der Waals surface area (Å²) >= 11 is 0. The van der Waals surface area contributed by atoms with Gasteiger partial charge in [0.15, 0.2) is 20.7 Å². The van der Waals surface area contributed by atoms with E-state index in [1.165, 1.54) is 6.07 Å². The van der Waals surface area contributed by atoms with Crippen LogP contribution in [0.15, 0.2) is 53.4 Å². The summed E-state index contributed by atoms with van der Waals surface area (Å²) in [5, 5.41) is 19.4. The number of aliphatic hydroxyl groups is 1. The molecular weight excluding hydrogens is 416 g/mol. The van der Waals surface area contributed by atoms with Gasteiger partial charge in [0, 0.05) is 5.69 Å². The Hall–Kier alpha value is -2.97. The van der Waals surface area contributed by atoms with Gasteiger partial charge in [0.25, 0.3) is 5.91 Å². The Kier molecular flexibility index (Phi) is 6.01. The van der Waals surface area contributed by atoms with Gasteiger partial charge in [0.1, 0.15) is 5.82 Å². The van der Waals surface area contributed by atoms with Gasteiger partial charge in [-0.3, -0.25) is 4.79 Å². The molecule has 2 atom stereocenters. The lowest BCUT2D eigenvalue weighted by molar-refractivity contribution is -0.137. The molecule has 1 amide bonds. The first-order chi connectivity index (χ1) is 13.3. The molecule has 0 saturated heterocycles. The molecule has 0 aliphatic carbocycles. The number of halogens is 4. The molecule has 29 heavy (non-hydrogen) atoms. The summed E-state index contributed by atoms with van der Waals surface area (Å²) in [6.45, 7) is 0.741. The minimum absolute atomic E-state index is 0.360. The lowest BCUT2D eigenvalue weighted by atomic mass is 10.0. The fraction of sp³-hybridized carbons (Fsp3) is 0.222. The van der Waals surface area contributed by atoms with E-state index in [2.05, 4.69) is 0 Å². The highest BCUT2D eigenvalue weighted by Crippen LogP contribution is 2.31. The van der Waals surface area contributed by atoms with Crippen LogP contribution >= 0.6 is 0 Å². The van der Waals surface area contributed by atoms with Gasteiger partial charge in [-0.2, -0.15) is 18.4 Å². The number of carbonyl (C=O) groups is 1. The van der Waals surface area contributed by atoms with Gasteiger partial charge in [-0.1, -0.05) is 6.07 Å². The van der Waals surface area contributed by atoms with E-state index in [0.29, 0.717) is 6.07 Å². The second kappa shape index (κ2) is 7.81. The molecule has 2 aromatic carbocycles. The number of rotatable bonds is 5. The summed E-state index contributed by atoms with van der Waals surface area (Å²) in [5.74, 6) is -2.15. The Morgan fingerprint density at radius 3 is 2.28 bits per heavy atom. The van der Waals surface area contributed by atoms with E-state index in [1.807, 2.05) is 5.32 Å². The zero-order valence-electron chi connectivity index (χ0n) is 14.7. The van der Waals surface area contributed by atoms with Crippen LogP contribution < -0.4 is 5.32 Å². The lowest BCUT2D eigenvalue weighted by Gasteiger charge is -2.27. The molecule has 2 unspecified atom stereocenters. The molecule has 0 heterocycles. The van der Waals surface area contributed by atoms with Gasteiger partial charge in [-0.15, -0.1) is 0 Å². The maximum absolute atomic E-state index is 13.0. The largest absolute Gasteiger partial charge is 0.416 e. The maximum Gasteiger partial charge on any atom is 0.416 e. The SMILES string of the molecule is CC(O)(C(=O)Nc1cccc(C(F)(F)F)c1)C(C#N)S(=O)(=O)c1ccc(F)cc1. The van der Waals surface area contributed by atoms with Crippen LogP contribution in [-0.4, -0.2) is 30.3 Å². The van der Waals surface area contributed by atoms with Crippen LogP contribution in [0.3, 0.4) is 0 Å². The van der Waals surface area contributed by atoms with Gasteiger partial charge in [-0.25, -0.2) is 12.8 Å². The van der Waals surface area contributed by atoms with Gasteiger partial charge < -0.3 is 10.4 Å². The Bertz CT molecular complexity index is 1060. The number of carbonyl (C=O) groups excluding carboxylic acids is 1. The number of sulfone groups is 1. The molecule has 0 bridgehead atoms. The second-order valence-corrected chi connectivity index (χ2v) is 8.22. The Morgan fingerprint density at radius 1 is 1.17 bits per heavy atom. The third-order valence-corrected chi connectivity index (χ3v) is 6.10. The monoisotopic (exact) mass is 430 g/mol. The topological polar surface area (TPSA) is 107 Å². The van der Waals surface area contributed by atoms with Gasteiger partial charge >= 0.3 is 6.18 Å². The van der Waals surface area contributed by atoms with Crippen molar-refractivity contribution in [3.8, 4) is 6.07 Å². The van der Waals surface area contributed by atoms with Crippen molar-refractivity contribution in [2.45, 2.75) is 28.8 Å². The standard InChI is InChI=1S/C18H14F4N2O4S/c1-17(26,15(10-23)29(27,28)14-7-5-12(19)6-8-14)16(25)24-13-4-2-3-11(9-13)18(20,21)22/h2-9,15,26H,1H3,(H,24,25). The number of benzene rings is 2. The molecule has 6 nitrogen and oxygen atoms in total. The summed E-state index contributed by atoms with van der Waals surface area (Å²) in [6, 6.07) is 8.12. The molecule has 0 spiro atoms. The molecule has 0 aliphatic rings. The van der Waals surface area contributed by atoms with Gasteiger partial charge in [0.2, 0.25) is 0 Å². The molecular formula is C18H14F4N2O4S. The summed E-state index contributed by atoms with van der Waals surface area (Å²) in [6.07, 6.45) is -4.69. The van der Waals surface area contributed by atoms with E-state index < -0.39 is 49.0 Å². The number of hydrogen-bond acceptors (Lipinski definition) is 5. The lowest BCUT2D eigenvalue weighted by Crippen LogP contribution is -2.52. The molecule has 0 fully saturated rings. The first kappa shape index (κ1) is 22.3. The molecule has 0 saturated carbocycles. The fourth-order valence-corrected chi connectivity index (χ4v) is 4.05. The Labute approximate surface area is 163 Å². The first-order valence-electron chi connectivity index (χ1n) is 7.90. The highest BCUT2D eigenvalue weighted by Gasteiger charge is 2.48. The zero-order chi connectivity index (χ0) is 22.0. The third kappa shape index (κ3) is 4.72. The van der Waals surface area contributed by atoms with Crippen LogP contribution in [0.2, 0.25) is 0 Å². The average Bonchev–Trinajstić information content (AvgIpc) is 2.61. The van der Waals surface area contributed by atoms with Crippen molar-refractivity contribution in [2.24, 2.45) is 0 Å². The molecule has 2 N–H and O–H groups in total. The highest BCUT2D eigenvalue weighted by atomic mass is 32.2. The smallest absolute Gasteiger partial charge is 0.378 e. The number of anilines is 1.